The summed E-state index contributed by atoms with van der Waals surface area (Å²) in [7, 11) is -4.19. The minimum atomic E-state index is -4.19. The molecule has 0 amide bonds. The van der Waals surface area contributed by atoms with Crippen LogP contribution in [0.25, 0.3) is 0 Å². The third-order valence-electron chi connectivity index (χ3n) is 2.71. The number of hydrogen-bond acceptors (Lipinski definition) is 4. The predicted octanol–water partition coefficient (Wildman–Crippen LogP) is 1.55. The van der Waals surface area contributed by atoms with Crippen LogP contribution in [0.4, 0.5) is 8.78 Å². The lowest BCUT2D eigenvalue weighted by molar-refractivity contribution is 0.136. The molecule has 0 aliphatic rings. The number of ether oxygens (including phenoxy) is 1. The molecule has 0 heterocycles. The molecular formula is C13H19F2NO4S. The van der Waals surface area contributed by atoms with Gasteiger partial charge in [-0.25, -0.2) is 21.9 Å². The maximum atomic E-state index is 13.6. The lowest BCUT2D eigenvalue weighted by atomic mass is 10.2. The second-order valence-corrected chi connectivity index (χ2v) is 6.15. The number of nitrogens with one attached hydrogen (secondary N) is 1. The van der Waals surface area contributed by atoms with Crippen molar-refractivity contribution in [1.82, 2.24) is 4.72 Å². The SMILES string of the molecule is CCCCOCCNS(=O)(=O)c1cc(CO)cc(F)c1F. The second-order valence-electron chi connectivity index (χ2n) is 4.41. The zero-order valence-corrected chi connectivity index (χ0v) is 12.5. The summed E-state index contributed by atoms with van der Waals surface area (Å²) in [6, 6.07) is 1.65. The molecule has 0 saturated carbocycles. The number of aliphatic hydroxyl groups excluding tert-OH is 1. The number of aliphatic hydroxyl groups is 1. The average molecular weight is 323 g/mol. The summed E-state index contributed by atoms with van der Waals surface area (Å²) < 4.78 is 58.0. The third kappa shape index (κ3) is 5.31. The highest BCUT2D eigenvalue weighted by Gasteiger charge is 2.22. The number of sulfonamides is 1. The van der Waals surface area contributed by atoms with Crippen molar-refractivity contribution in [2.75, 3.05) is 19.8 Å². The van der Waals surface area contributed by atoms with E-state index in [1.807, 2.05) is 6.92 Å². The Hall–Kier alpha value is -1.09. The van der Waals surface area contributed by atoms with E-state index in [-0.39, 0.29) is 18.7 Å². The van der Waals surface area contributed by atoms with E-state index < -0.39 is 33.2 Å². The summed E-state index contributed by atoms with van der Waals surface area (Å²) in [6.07, 6.45) is 1.83. The molecule has 21 heavy (non-hydrogen) atoms. The van der Waals surface area contributed by atoms with Crippen molar-refractivity contribution >= 4 is 10.0 Å². The van der Waals surface area contributed by atoms with Crippen molar-refractivity contribution in [3.8, 4) is 0 Å². The maximum Gasteiger partial charge on any atom is 0.243 e. The van der Waals surface area contributed by atoms with E-state index in [2.05, 4.69) is 4.72 Å². The van der Waals surface area contributed by atoms with Crippen LogP contribution >= 0.6 is 0 Å². The molecule has 0 spiro atoms. The highest BCUT2D eigenvalue weighted by atomic mass is 32.2. The minimum absolute atomic E-state index is 0.0199. The van der Waals surface area contributed by atoms with Crippen LogP contribution in [0.15, 0.2) is 17.0 Å². The van der Waals surface area contributed by atoms with Crippen LogP contribution in [-0.2, 0) is 21.4 Å². The van der Waals surface area contributed by atoms with Crippen molar-refractivity contribution in [2.24, 2.45) is 0 Å². The molecule has 0 atom stereocenters. The van der Waals surface area contributed by atoms with Gasteiger partial charge in [-0.2, -0.15) is 0 Å². The van der Waals surface area contributed by atoms with Crippen LogP contribution in [0.2, 0.25) is 0 Å². The molecule has 1 aromatic rings. The largest absolute Gasteiger partial charge is 0.392 e. The first-order chi connectivity index (χ1) is 9.92. The Kier molecular flexibility index (Phi) is 7.16. The van der Waals surface area contributed by atoms with Gasteiger partial charge in [-0.05, 0) is 24.1 Å². The molecule has 8 heteroatoms. The average Bonchev–Trinajstić information content (AvgIpc) is 2.45. The first-order valence-electron chi connectivity index (χ1n) is 6.58. The summed E-state index contributed by atoms with van der Waals surface area (Å²) in [5.41, 5.74) is -0.0199. The topological polar surface area (TPSA) is 75.6 Å². The number of benzene rings is 1. The highest BCUT2D eigenvalue weighted by Crippen LogP contribution is 2.19. The quantitative estimate of drug-likeness (QED) is 0.676. The van der Waals surface area contributed by atoms with Crippen LogP contribution in [0, 0.1) is 11.6 Å². The van der Waals surface area contributed by atoms with Gasteiger partial charge in [0, 0.05) is 13.2 Å². The van der Waals surface area contributed by atoms with Gasteiger partial charge < -0.3 is 9.84 Å². The number of halogens is 2. The Labute approximate surface area is 123 Å². The fourth-order valence-corrected chi connectivity index (χ4v) is 2.73. The van der Waals surface area contributed by atoms with Crippen LogP contribution < -0.4 is 4.72 Å². The third-order valence-corrected chi connectivity index (χ3v) is 4.17. The number of rotatable bonds is 9. The Balaban J connectivity index is 2.72. The smallest absolute Gasteiger partial charge is 0.243 e. The Morgan fingerprint density at radius 3 is 2.62 bits per heavy atom. The monoisotopic (exact) mass is 323 g/mol. The van der Waals surface area contributed by atoms with Crippen LogP contribution in [0.3, 0.4) is 0 Å². The van der Waals surface area contributed by atoms with E-state index in [0.717, 1.165) is 25.0 Å². The molecular weight excluding hydrogens is 304 g/mol. The second kappa shape index (κ2) is 8.38. The molecule has 0 aromatic heterocycles. The van der Waals surface area contributed by atoms with Crippen molar-refractivity contribution in [2.45, 2.75) is 31.3 Å². The Morgan fingerprint density at radius 2 is 2.00 bits per heavy atom. The summed E-state index contributed by atoms with van der Waals surface area (Å²) >= 11 is 0. The van der Waals surface area contributed by atoms with Crippen LogP contribution in [0.1, 0.15) is 25.3 Å². The molecule has 0 aliphatic carbocycles. The fourth-order valence-electron chi connectivity index (χ4n) is 1.58. The molecule has 0 unspecified atom stereocenters. The van der Waals surface area contributed by atoms with Gasteiger partial charge in [-0.15, -0.1) is 0 Å². The zero-order valence-electron chi connectivity index (χ0n) is 11.7. The lowest BCUT2D eigenvalue weighted by Crippen LogP contribution is -2.28. The van der Waals surface area contributed by atoms with E-state index in [1.165, 1.54) is 0 Å². The minimum Gasteiger partial charge on any atom is -0.392 e. The normalized spacial score (nSPS) is 11.8. The van der Waals surface area contributed by atoms with Crippen molar-refractivity contribution in [3.05, 3.63) is 29.3 Å². The van der Waals surface area contributed by atoms with Gasteiger partial charge in [-0.3, -0.25) is 0 Å². The maximum absolute atomic E-state index is 13.6. The van der Waals surface area contributed by atoms with Crippen molar-refractivity contribution in [1.29, 1.82) is 0 Å². The standard InChI is InChI=1S/C13H19F2NO4S/c1-2-3-5-20-6-4-16-21(18,19)12-8-10(9-17)7-11(14)13(12)15/h7-8,16-17H,2-6,9H2,1H3. The molecule has 2 N–H and O–H groups in total. The van der Waals surface area contributed by atoms with Gasteiger partial charge in [0.15, 0.2) is 11.6 Å². The molecule has 120 valence electrons. The van der Waals surface area contributed by atoms with E-state index >= 15 is 0 Å². The Morgan fingerprint density at radius 1 is 1.29 bits per heavy atom. The van der Waals surface area contributed by atoms with Gasteiger partial charge in [0.05, 0.1) is 13.2 Å². The van der Waals surface area contributed by atoms with Gasteiger partial charge in [0.2, 0.25) is 10.0 Å². The highest BCUT2D eigenvalue weighted by molar-refractivity contribution is 7.89. The summed E-state index contributed by atoms with van der Waals surface area (Å²) in [5, 5.41) is 8.92. The summed E-state index contributed by atoms with van der Waals surface area (Å²) in [6.45, 7) is 2.03. The molecule has 0 saturated heterocycles. The first-order valence-corrected chi connectivity index (χ1v) is 8.07. The Bertz CT molecular complexity index is 564. The van der Waals surface area contributed by atoms with Crippen LogP contribution in [-0.4, -0.2) is 33.3 Å². The van der Waals surface area contributed by atoms with E-state index in [4.69, 9.17) is 9.84 Å². The molecule has 0 aliphatic heterocycles. The van der Waals surface area contributed by atoms with Gasteiger partial charge in [-0.1, -0.05) is 13.3 Å². The fraction of sp³-hybridized carbons (Fsp3) is 0.538. The van der Waals surface area contributed by atoms with E-state index in [1.54, 1.807) is 0 Å². The van der Waals surface area contributed by atoms with Crippen molar-refractivity contribution in [3.63, 3.8) is 0 Å². The zero-order chi connectivity index (χ0) is 15.9. The molecule has 0 bridgehead atoms. The number of unbranched alkanes of at least 4 members (excludes halogenated alkanes) is 1. The summed E-state index contributed by atoms with van der Waals surface area (Å²) in [4.78, 5) is -0.819. The molecule has 5 nitrogen and oxygen atoms in total. The van der Waals surface area contributed by atoms with Crippen molar-refractivity contribution < 1.29 is 27.0 Å². The summed E-state index contributed by atoms with van der Waals surface area (Å²) in [5.74, 6) is -2.78. The van der Waals surface area contributed by atoms with E-state index in [0.29, 0.717) is 6.61 Å². The molecule has 1 aromatic carbocycles. The lowest BCUT2D eigenvalue weighted by Gasteiger charge is -2.10. The molecule has 0 fully saturated rings. The predicted molar refractivity (Wildman–Crippen MR) is 73.2 cm³/mol. The number of hydrogen-bond donors (Lipinski definition) is 2. The van der Waals surface area contributed by atoms with Gasteiger partial charge >= 0.3 is 0 Å². The van der Waals surface area contributed by atoms with Crippen LogP contribution in [0.5, 0.6) is 0 Å². The molecule has 1 rings (SSSR count). The van der Waals surface area contributed by atoms with E-state index in [9.17, 15) is 17.2 Å². The van der Waals surface area contributed by atoms with Gasteiger partial charge in [0.1, 0.15) is 4.90 Å². The first kappa shape index (κ1) is 18.0. The molecule has 0 radical (unpaired) electrons. The van der Waals surface area contributed by atoms with Gasteiger partial charge in [0.25, 0.3) is 0 Å².